The molecule has 0 spiro atoms. The van der Waals surface area contributed by atoms with Crippen molar-refractivity contribution in [3.05, 3.63) is 17.7 Å². The van der Waals surface area contributed by atoms with Crippen molar-refractivity contribution in [2.75, 3.05) is 34.3 Å². The van der Waals surface area contributed by atoms with Crippen LogP contribution < -0.4 is 4.74 Å². The predicted molar refractivity (Wildman–Crippen MR) is 65.1 cm³/mol. The Labute approximate surface area is 105 Å². The number of ether oxygens (including phenoxy) is 1. The maximum Gasteiger partial charge on any atom is 0.339 e. The molecule has 1 aromatic carbocycles. The lowest BCUT2D eigenvalue weighted by molar-refractivity contribution is -0.870. The molecule has 0 amide bonds. The fraction of sp³-hybridized carbons (Fsp3) is 0.417. The monoisotopic (exact) mass is 256 g/mol. The number of benzene rings is 1. The third-order valence-corrected chi connectivity index (χ3v) is 2.33. The molecule has 0 radical (unpaired) electrons. The van der Waals surface area contributed by atoms with Gasteiger partial charge in [0.25, 0.3) is 0 Å². The zero-order valence-electron chi connectivity index (χ0n) is 10.7. The third-order valence-electron chi connectivity index (χ3n) is 2.33. The quantitative estimate of drug-likeness (QED) is 0.681. The molecule has 0 aliphatic rings. The second-order valence-corrected chi connectivity index (χ2v) is 5.00. The van der Waals surface area contributed by atoms with Crippen LogP contribution in [0, 0.1) is 0 Å². The highest BCUT2D eigenvalue weighted by molar-refractivity contribution is 5.91. The molecule has 0 atom stereocenters. The molecule has 0 aliphatic heterocycles. The number of hydrogen-bond acceptors (Lipinski definition) is 4. The van der Waals surface area contributed by atoms with Gasteiger partial charge in [0.05, 0.1) is 21.1 Å². The van der Waals surface area contributed by atoms with Crippen LogP contribution in [-0.2, 0) is 0 Å². The summed E-state index contributed by atoms with van der Waals surface area (Å²) in [5, 5.41) is 27.7. The number of carbonyl (C=O) groups is 1. The first-order valence-electron chi connectivity index (χ1n) is 5.43. The van der Waals surface area contributed by atoms with Gasteiger partial charge in [-0.15, -0.1) is 0 Å². The van der Waals surface area contributed by atoms with Crippen LogP contribution in [0.4, 0.5) is 0 Å². The van der Waals surface area contributed by atoms with E-state index in [-0.39, 0.29) is 17.1 Å². The molecule has 0 aliphatic carbocycles. The standard InChI is InChI=1S/C12H17NO5/c1-13(2,3)4-5-18-11-6-8(12(16)17)9(14)7-10(11)15/h6-7H,4-5H2,1-3H3,(H2-,14,15,16,17)/p+1. The first-order chi connectivity index (χ1) is 8.20. The van der Waals surface area contributed by atoms with E-state index in [1.807, 2.05) is 21.1 Å². The van der Waals surface area contributed by atoms with Crippen LogP contribution in [0.2, 0.25) is 0 Å². The Hall–Kier alpha value is -1.95. The number of hydrogen-bond donors (Lipinski definition) is 3. The molecule has 1 rings (SSSR count). The second kappa shape index (κ2) is 5.14. The summed E-state index contributed by atoms with van der Waals surface area (Å²) in [6.45, 7) is 1.03. The molecule has 0 unspecified atom stereocenters. The lowest BCUT2D eigenvalue weighted by Gasteiger charge is -2.23. The Morgan fingerprint density at radius 3 is 2.33 bits per heavy atom. The van der Waals surface area contributed by atoms with Gasteiger partial charge < -0.3 is 24.5 Å². The Kier molecular flexibility index (Phi) is 4.03. The van der Waals surface area contributed by atoms with Crippen molar-refractivity contribution in [1.29, 1.82) is 0 Å². The lowest BCUT2D eigenvalue weighted by atomic mass is 10.2. The van der Waals surface area contributed by atoms with E-state index in [2.05, 4.69) is 0 Å². The Bertz CT molecular complexity index is 451. The topological polar surface area (TPSA) is 87.0 Å². The molecule has 0 heterocycles. The largest absolute Gasteiger partial charge is 0.507 e. The molecule has 0 aromatic heterocycles. The van der Waals surface area contributed by atoms with E-state index in [1.165, 1.54) is 0 Å². The molecule has 0 fully saturated rings. The minimum absolute atomic E-state index is 0.0543. The van der Waals surface area contributed by atoms with Crippen molar-refractivity contribution < 1.29 is 29.3 Å². The number of quaternary nitrogens is 1. The summed E-state index contributed by atoms with van der Waals surface area (Å²) in [4.78, 5) is 10.8. The number of aromatic carboxylic acids is 1. The minimum atomic E-state index is -1.27. The molecule has 0 bridgehead atoms. The average Bonchev–Trinajstić information content (AvgIpc) is 2.18. The Morgan fingerprint density at radius 1 is 1.22 bits per heavy atom. The summed E-state index contributed by atoms with van der Waals surface area (Å²) in [6.07, 6.45) is 0. The van der Waals surface area contributed by atoms with Gasteiger partial charge in [-0.3, -0.25) is 0 Å². The number of rotatable bonds is 5. The number of phenols is 2. The van der Waals surface area contributed by atoms with Crippen molar-refractivity contribution in [3.8, 4) is 17.2 Å². The highest BCUT2D eigenvalue weighted by atomic mass is 16.5. The number of aromatic hydroxyl groups is 2. The van der Waals surface area contributed by atoms with Crippen LogP contribution in [0.15, 0.2) is 12.1 Å². The van der Waals surface area contributed by atoms with Crippen LogP contribution >= 0.6 is 0 Å². The summed E-state index contributed by atoms with van der Waals surface area (Å²) in [5.74, 6) is -1.99. The van der Waals surface area contributed by atoms with Crippen molar-refractivity contribution in [2.45, 2.75) is 0 Å². The van der Waals surface area contributed by atoms with Gasteiger partial charge in [-0.1, -0.05) is 0 Å². The highest BCUT2D eigenvalue weighted by Crippen LogP contribution is 2.33. The summed E-state index contributed by atoms with van der Waals surface area (Å²) < 4.78 is 6.00. The van der Waals surface area contributed by atoms with Gasteiger partial charge in [-0.25, -0.2) is 4.79 Å². The van der Waals surface area contributed by atoms with Crippen LogP contribution in [0.1, 0.15) is 10.4 Å². The van der Waals surface area contributed by atoms with Gasteiger partial charge in [-0.2, -0.15) is 0 Å². The molecule has 0 saturated heterocycles. The summed E-state index contributed by atoms with van der Waals surface area (Å²) >= 11 is 0. The third kappa shape index (κ3) is 3.81. The fourth-order valence-electron chi connectivity index (χ4n) is 1.27. The molecular formula is C12H18NO5+. The van der Waals surface area contributed by atoms with Crippen LogP contribution in [0.5, 0.6) is 17.2 Å². The Morgan fingerprint density at radius 2 is 1.83 bits per heavy atom. The van der Waals surface area contributed by atoms with E-state index in [4.69, 9.17) is 9.84 Å². The first-order valence-corrected chi connectivity index (χ1v) is 5.43. The van der Waals surface area contributed by atoms with Gasteiger partial charge in [0.2, 0.25) is 0 Å². The zero-order valence-corrected chi connectivity index (χ0v) is 10.7. The van der Waals surface area contributed by atoms with Gasteiger partial charge in [0.15, 0.2) is 11.5 Å². The summed E-state index contributed by atoms with van der Waals surface area (Å²) in [7, 11) is 5.97. The summed E-state index contributed by atoms with van der Waals surface area (Å²) in [5.41, 5.74) is -0.298. The predicted octanol–water partition coefficient (Wildman–Crippen LogP) is 0.881. The van der Waals surface area contributed by atoms with Gasteiger partial charge in [0.1, 0.15) is 24.5 Å². The highest BCUT2D eigenvalue weighted by Gasteiger charge is 2.16. The summed E-state index contributed by atoms with van der Waals surface area (Å²) in [6, 6.07) is 2.08. The molecule has 3 N–H and O–H groups in total. The van der Waals surface area contributed by atoms with E-state index in [0.29, 0.717) is 17.6 Å². The van der Waals surface area contributed by atoms with Gasteiger partial charge >= 0.3 is 5.97 Å². The first kappa shape index (κ1) is 14.1. The molecule has 6 nitrogen and oxygen atoms in total. The van der Waals surface area contributed by atoms with Crippen molar-refractivity contribution >= 4 is 5.97 Å². The van der Waals surface area contributed by atoms with Crippen LogP contribution in [0.3, 0.4) is 0 Å². The second-order valence-electron chi connectivity index (χ2n) is 5.00. The van der Waals surface area contributed by atoms with E-state index < -0.39 is 11.7 Å². The van der Waals surface area contributed by atoms with Crippen molar-refractivity contribution in [2.24, 2.45) is 0 Å². The molecule has 1 aromatic rings. The zero-order chi connectivity index (χ0) is 13.9. The Balaban J connectivity index is 2.83. The maximum atomic E-state index is 10.8. The van der Waals surface area contributed by atoms with Crippen molar-refractivity contribution in [1.82, 2.24) is 0 Å². The maximum absolute atomic E-state index is 10.8. The normalized spacial score (nSPS) is 11.3. The van der Waals surface area contributed by atoms with E-state index in [1.54, 1.807) is 0 Å². The van der Waals surface area contributed by atoms with E-state index in [0.717, 1.165) is 12.1 Å². The number of likely N-dealkylation sites (N-methyl/N-ethyl adjacent to an activating group) is 1. The molecule has 0 saturated carbocycles. The average molecular weight is 256 g/mol. The van der Waals surface area contributed by atoms with Crippen LogP contribution in [-0.4, -0.2) is 60.1 Å². The molecule has 6 heteroatoms. The lowest BCUT2D eigenvalue weighted by Crippen LogP contribution is -2.38. The van der Waals surface area contributed by atoms with E-state index >= 15 is 0 Å². The number of carboxylic acid groups (broad SMARTS) is 1. The molecular weight excluding hydrogens is 238 g/mol. The van der Waals surface area contributed by atoms with Crippen LogP contribution in [0.25, 0.3) is 0 Å². The molecule has 18 heavy (non-hydrogen) atoms. The SMILES string of the molecule is C[N+](C)(C)CCOc1cc(C(=O)O)c(O)cc1O. The van der Waals surface area contributed by atoms with Gasteiger partial charge in [-0.05, 0) is 0 Å². The number of nitrogens with zero attached hydrogens (tertiary/aromatic N) is 1. The fourth-order valence-corrected chi connectivity index (χ4v) is 1.27. The smallest absolute Gasteiger partial charge is 0.339 e. The van der Waals surface area contributed by atoms with Gasteiger partial charge in [0, 0.05) is 12.1 Å². The number of carboxylic acids is 1. The number of phenolic OH excluding ortho intramolecular Hbond substituents is 1. The van der Waals surface area contributed by atoms with E-state index in [9.17, 15) is 15.0 Å². The van der Waals surface area contributed by atoms with Crippen molar-refractivity contribution in [3.63, 3.8) is 0 Å². The molecule has 100 valence electrons. The minimum Gasteiger partial charge on any atom is -0.507 e.